The molecule has 0 heterocycles. The van der Waals surface area contributed by atoms with Crippen LogP contribution in [0.4, 0.5) is 11.4 Å². The molecular formula is C12H20N4O5S. The van der Waals surface area contributed by atoms with Gasteiger partial charge in [-0.25, -0.2) is 13.1 Å². The van der Waals surface area contributed by atoms with Crippen LogP contribution in [0.3, 0.4) is 0 Å². The van der Waals surface area contributed by atoms with Crippen LogP contribution in [0, 0.1) is 10.1 Å². The molecule has 124 valence electrons. The van der Waals surface area contributed by atoms with E-state index in [1.54, 1.807) is 6.92 Å². The second-order valence-electron chi connectivity index (χ2n) is 5.08. The Morgan fingerprint density at radius 3 is 2.59 bits per heavy atom. The fourth-order valence-electron chi connectivity index (χ4n) is 1.77. The molecule has 1 unspecified atom stereocenters. The van der Waals surface area contributed by atoms with Crippen LogP contribution in [0.2, 0.25) is 0 Å². The van der Waals surface area contributed by atoms with Crippen molar-refractivity contribution in [1.29, 1.82) is 0 Å². The van der Waals surface area contributed by atoms with Crippen molar-refractivity contribution >= 4 is 21.4 Å². The van der Waals surface area contributed by atoms with E-state index in [0.717, 1.165) is 6.07 Å². The van der Waals surface area contributed by atoms with Crippen LogP contribution >= 0.6 is 0 Å². The number of hydrogen-bond donors (Lipinski definition) is 3. The monoisotopic (exact) mass is 332 g/mol. The molecule has 0 bridgehead atoms. The van der Waals surface area contributed by atoms with Crippen molar-refractivity contribution < 1.29 is 18.1 Å². The molecule has 4 N–H and O–H groups in total. The molecule has 0 saturated heterocycles. The van der Waals surface area contributed by atoms with Gasteiger partial charge in [0.15, 0.2) is 0 Å². The Labute approximate surface area is 129 Å². The zero-order chi connectivity index (χ0) is 17.0. The summed E-state index contributed by atoms with van der Waals surface area (Å²) in [5.74, 6) is 0. The second kappa shape index (κ2) is 7.01. The predicted molar refractivity (Wildman–Crippen MR) is 82.3 cm³/mol. The lowest BCUT2D eigenvalue weighted by molar-refractivity contribution is -0.384. The molecule has 0 fully saturated rings. The number of benzene rings is 1. The van der Waals surface area contributed by atoms with Crippen molar-refractivity contribution in [2.45, 2.75) is 17.4 Å². The van der Waals surface area contributed by atoms with Crippen molar-refractivity contribution in [3.05, 3.63) is 28.3 Å². The van der Waals surface area contributed by atoms with E-state index in [9.17, 15) is 18.5 Å². The normalized spacial score (nSPS) is 14.4. The molecular weight excluding hydrogens is 312 g/mol. The quantitative estimate of drug-likeness (QED) is 0.459. The number of nitro benzene ring substituents is 1. The van der Waals surface area contributed by atoms with E-state index in [0.29, 0.717) is 0 Å². The van der Waals surface area contributed by atoms with Gasteiger partial charge in [0.05, 0.1) is 22.0 Å². The third kappa shape index (κ3) is 4.63. The maximum Gasteiger partial charge on any atom is 0.293 e. The maximum absolute atomic E-state index is 11.7. The van der Waals surface area contributed by atoms with Gasteiger partial charge in [0.1, 0.15) is 5.69 Å². The maximum atomic E-state index is 11.7. The highest BCUT2D eigenvalue weighted by atomic mass is 32.2. The summed E-state index contributed by atoms with van der Waals surface area (Å²) in [6, 6.07) is 3.62. The van der Waals surface area contributed by atoms with Crippen molar-refractivity contribution in [3.8, 4) is 0 Å². The van der Waals surface area contributed by atoms with Crippen molar-refractivity contribution in [3.63, 3.8) is 0 Å². The molecule has 1 rings (SSSR count). The molecule has 22 heavy (non-hydrogen) atoms. The number of nitrogens with one attached hydrogen (secondary N) is 2. The first-order valence-corrected chi connectivity index (χ1v) is 7.85. The van der Waals surface area contributed by atoms with E-state index in [1.165, 1.54) is 26.3 Å². The van der Waals surface area contributed by atoms with Gasteiger partial charge in [-0.2, -0.15) is 0 Å². The van der Waals surface area contributed by atoms with Gasteiger partial charge in [0.25, 0.3) is 5.69 Å². The molecule has 0 aliphatic heterocycles. The highest BCUT2D eigenvalue weighted by Gasteiger charge is 2.23. The highest BCUT2D eigenvalue weighted by Crippen LogP contribution is 2.27. The summed E-state index contributed by atoms with van der Waals surface area (Å²) in [5, 5.41) is 14.0. The van der Waals surface area contributed by atoms with E-state index in [1.807, 2.05) is 0 Å². The number of methoxy groups -OCH3 is 1. The molecule has 0 saturated carbocycles. The number of nitrogens with zero attached hydrogens (tertiary/aromatic N) is 1. The number of anilines is 1. The third-order valence-corrected chi connectivity index (χ3v) is 4.31. The first-order valence-electron chi connectivity index (χ1n) is 6.36. The molecule has 0 spiro atoms. The van der Waals surface area contributed by atoms with Gasteiger partial charge in [0, 0.05) is 19.7 Å². The first kappa shape index (κ1) is 18.3. The summed E-state index contributed by atoms with van der Waals surface area (Å²) in [6.45, 7) is 2.22. The van der Waals surface area contributed by atoms with Gasteiger partial charge in [-0.3, -0.25) is 10.1 Å². The van der Waals surface area contributed by atoms with Crippen LogP contribution in [0.25, 0.3) is 0 Å². The Morgan fingerprint density at radius 2 is 2.09 bits per heavy atom. The minimum atomic E-state index is -3.75. The fourth-order valence-corrected chi connectivity index (χ4v) is 2.52. The zero-order valence-corrected chi connectivity index (χ0v) is 13.4. The number of ether oxygens (including phenoxy) is 1. The van der Waals surface area contributed by atoms with E-state index in [4.69, 9.17) is 10.5 Å². The lowest BCUT2D eigenvalue weighted by Crippen LogP contribution is -2.47. The Bertz CT molecular complexity index is 645. The standard InChI is InChI=1S/C12H20N4O5S/c1-12(13,8-21-3)7-15-10-5-4-9(22(19,20)14-2)6-11(10)16(17)18/h4-6,14-15H,7-8,13H2,1-3H3. The highest BCUT2D eigenvalue weighted by molar-refractivity contribution is 7.89. The van der Waals surface area contributed by atoms with Crippen molar-refractivity contribution in [1.82, 2.24) is 4.72 Å². The summed E-state index contributed by atoms with van der Waals surface area (Å²) in [5.41, 5.74) is 5.08. The van der Waals surface area contributed by atoms with Gasteiger partial charge >= 0.3 is 0 Å². The van der Waals surface area contributed by atoms with Crippen LogP contribution in [0.1, 0.15) is 6.92 Å². The fraction of sp³-hybridized carbons (Fsp3) is 0.500. The van der Waals surface area contributed by atoms with Crippen molar-refractivity contribution in [2.24, 2.45) is 5.73 Å². The number of hydrogen-bond acceptors (Lipinski definition) is 7. The van der Waals surface area contributed by atoms with Crippen LogP contribution in [-0.2, 0) is 14.8 Å². The number of sulfonamides is 1. The molecule has 0 aliphatic rings. The molecule has 0 aromatic heterocycles. The summed E-state index contributed by atoms with van der Waals surface area (Å²) >= 11 is 0. The molecule has 0 amide bonds. The molecule has 10 heteroatoms. The molecule has 0 aliphatic carbocycles. The summed E-state index contributed by atoms with van der Waals surface area (Å²) in [7, 11) is -1.01. The SMILES string of the molecule is CNS(=O)(=O)c1ccc(NCC(C)(N)COC)c([N+](=O)[O-])c1. The molecule has 1 atom stereocenters. The van der Waals surface area contributed by atoms with Gasteiger partial charge in [-0.05, 0) is 26.1 Å². The average Bonchev–Trinajstić information content (AvgIpc) is 2.44. The topological polar surface area (TPSA) is 137 Å². The lowest BCUT2D eigenvalue weighted by atomic mass is 10.1. The van der Waals surface area contributed by atoms with Crippen LogP contribution in [-0.4, -0.2) is 46.2 Å². The minimum absolute atomic E-state index is 0.181. The van der Waals surface area contributed by atoms with Crippen LogP contribution in [0.15, 0.2) is 23.1 Å². The smallest absolute Gasteiger partial charge is 0.293 e. The number of nitrogens with two attached hydrogens (primary N) is 1. The summed E-state index contributed by atoms with van der Waals surface area (Å²) in [6.07, 6.45) is 0. The Hall–Kier alpha value is -1.75. The Kier molecular flexibility index (Phi) is 5.83. The van der Waals surface area contributed by atoms with E-state index < -0.39 is 20.5 Å². The largest absolute Gasteiger partial charge is 0.383 e. The number of rotatable bonds is 8. The average molecular weight is 332 g/mol. The molecule has 1 aromatic carbocycles. The predicted octanol–water partition coefficient (Wildman–Crippen LogP) is 0.279. The molecule has 9 nitrogen and oxygen atoms in total. The van der Waals surface area contributed by atoms with Gasteiger partial charge < -0.3 is 15.8 Å². The Morgan fingerprint density at radius 1 is 1.45 bits per heavy atom. The first-order chi connectivity index (χ1) is 10.1. The minimum Gasteiger partial charge on any atom is -0.383 e. The molecule has 1 aromatic rings. The van der Waals surface area contributed by atoms with Gasteiger partial charge in [-0.15, -0.1) is 0 Å². The second-order valence-corrected chi connectivity index (χ2v) is 6.97. The van der Waals surface area contributed by atoms with Gasteiger partial charge in [-0.1, -0.05) is 0 Å². The van der Waals surface area contributed by atoms with E-state index in [-0.39, 0.29) is 29.4 Å². The van der Waals surface area contributed by atoms with Crippen LogP contribution < -0.4 is 15.8 Å². The lowest BCUT2D eigenvalue weighted by Gasteiger charge is -2.24. The summed E-state index contributed by atoms with van der Waals surface area (Å²) < 4.78 is 30.5. The third-order valence-electron chi connectivity index (χ3n) is 2.90. The van der Waals surface area contributed by atoms with E-state index in [2.05, 4.69) is 10.0 Å². The Balaban J connectivity index is 3.09. The van der Waals surface area contributed by atoms with Crippen LogP contribution in [0.5, 0.6) is 0 Å². The summed E-state index contributed by atoms with van der Waals surface area (Å²) in [4.78, 5) is 10.3. The van der Waals surface area contributed by atoms with Crippen molar-refractivity contribution in [2.75, 3.05) is 32.6 Å². The van der Waals surface area contributed by atoms with Gasteiger partial charge in [0.2, 0.25) is 10.0 Å². The zero-order valence-electron chi connectivity index (χ0n) is 12.6. The molecule has 0 radical (unpaired) electrons. The van der Waals surface area contributed by atoms with E-state index >= 15 is 0 Å². The number of nitro groups is 1.